The fraction of sp³-hybridized carbons (Fsp3) is 0.190. The first-order valence-corrected chi connectivity index (χ1v) is 12.9. The second-order valence-electron chi connectivity index (χ2n) is 6.89. The molecule has 0 aliphatic carbocycles. The van der Waals surface area contributed by atoms with Crippen LogP contribution in [0.1, 0.15) is 5.56 Å². The SMILES string of the molecule is C=CCSc1nnc(NC(=O)C2CN(S(=O)(=O)c3ccccc3)c3cc(C)ccc3O2)s1. The smallest absolute Gasteiger partial charge is 0.269 e. The van der Waals surface area contributed by atoms with Crippen molar-refractivity contribution in [1.82, 2.24) is 10.2 Å². The molecule has 1 aliphatic heterocycles. The maximum atomic E-state index is 13.4. The van der Waals surface area contributed by atoms with Gasteiger partial charge in [0.2, 0.25) is 5.13 Å². The van der Waals surface area contributed by atoms with Gasteiger partial charge >= 0.3 is 0 Å². The van der Waals surface area contributed by atoms with Gasteiger partial charge in [-0.05, 0) is 36.8 Å². The molecule has 4 rings (SSSR count). The maximum absolute atomic E-state index is 13.4. The van der Waals surface area contributed by atoms with Crippen LogP contribution in [0.25, 0.3) is 0 Å². The van der Waals surface area contributed by atoms with Gasteiger partial charge in [0.1, 0.15) is 5.75 Å². The van der Waals surface area contributed by atoms with Crippen molar-refractivity contribution >= 4 is 49.8 Å². The van der Waals surface area contributed by atoms with E-state index in [0.29, 0.717) is 26.7 Å². The first-order valence-electron chi connectivity index (χ1n) is 9.61. The summed E-state index contributed by atoms with van der Waals surface area (Å²) in [6.45, 7) is 5.35. The molecule has 1 aromatic heterocycles. The van der Waals surface area contributed by atoms with Gasteiger partial charge in [0.15, 0.2) is 10.4 Å². The van der Waals surface area contributed by atoms with Crippen molar-refractivity contribution in [2.45, 2.75) is 22.3 Å². The standard InChI is InChI=1S/C21H20N4O4S3/c1-3-11-30-21-24-23-20(31-21)22-19(26)18-13-25(16-12-14(2)9-10-17(16)29-18)32(27,28)15-7-5-4-6-8-15/h3-10,12,18H,1,11,13H2,2H3,(H,22,23,26). The van der Waals surface area contributed by atoms with E-state index in [0.717, 1.165) is 5.56 Å². The van der Waals surface area contributed by atoms with Gasteiger partial charge in [-0.15, -0.1) is 16.8 Å². The van der Waals surface area contributed by atoms with Gasteiger partial charge in [-0.2, -0.15) is 0 Å². The zero-order valence-electron chi connectivity index (χ0n) is 17.1. The molecule has 2 aromatic carbocycles. The number of carbonyl (C=O) groups excluding carboxylic acids is 1. The number of carbonyl (C=O) groups is 1. The monoisotopic (exact) mass is 488 g/mol. The van der Waals surface area contributed by atoms with Crippen LogP contribution >= 0.6 is 23.1 Å². The Hall–Kier alpha value is -2.89. The molecule has 0 spiro atoms. The third-order valence-electron chi connectivity index (χ3n) is 4.57. The first kappa shape index (κ1) is 22.3. The highest BCUT2D eigenvalue weighted by molar-refractivity contribution is 8.01. The summed E-state index contributed by atoms with van der Waals surface area (Å²) in [5, 5.41) is 11.0. The summed E-state index contributed by atoms with van der Waals surface area (Å²) in [5.74, 6) is 0.499. The Labute approximate surface area is 194 Å². The average Bonchev–Trinajstić information content (AvgIpc) is 3.24. The third kappa shape index (κ3) is 4.64. The average molecular weight is 489 g/mol. The molecule has 11 heteroatoms. The number of amides is 1. The molecular weight excluding hydrogens is 468 g/mol. The van der Waals surface area contributed by atoms with Gasteiger partial charge in [-0.3, -0.25) is 14.4 Å². The topological polar surface area (TPSA) is 101 Å². The molecule has 0 saturated heterocycles. The summed E-state index contributed by atoms with van der Waals surface area (Å²) >= 11 is 2.68. The number of aromatic nitrogens is 2. The van der Waals surface area contributed by atoms with E-state index >= 15 is 0 Å². The van der Waals surface area contributed by atoms with E-state index in [-0.39, 0.29) is 11.4 Å². The zero-order valence-corrected chi connectivity index (χ0v) is 19.5. The van der Waals surface area contributed by atoms with Crippen LogP contribution in [-0.2, 0) is 14.8 Å². The molecule has 8 nitrogen and oxygen atoms in total. The quantitative estimate of drug-likeness (QED) is 0.307. The van der Waals surface area contributed by atoms with Crippen molar-refractivity contribution < 1.29 is 17.9 Å². The highest BCUT2D eigenvalue weighted by atomic mass is 32.2. The van der Waals surface area contributed by atoms with Crippen LogP contribution in [-0.4, -0.2) is 42.9 Å². The second kappa shape index (κ2) is 9.31. The number of aryl methyl sites for hydroxylation is 1. The number of nitrogens with one attached hydrogen (secondary N) is 1. The van der Waals surface area contributed by atoms with Crippen molar-refractivity contribution in [3.05, 3.63) is 66.7 Å². The Balaban J connectivity index is 1.61. The molecule has 1 unspecified atom stereocenters. The summed E-state index contributed by atoms with van der Waals surface area (Å²) < 4.78 is 34.6. The molecule has 0 bridgehead atoms. The number of thioether (sulfide) groups is 1. The predicted molar refractivity (Wildman–Crippen MR) is 126 cm³/mol. The predicted octanol–water partition coefficient (Wildman–Crippen LogP) is 3.72. The Morgan fingerprint density at radius 2 is 2.09 bits per heavy atom. The van der Waals surface area contributed by atoms with E-state index in [1.165, 1.54) is 39.5 Å². The molecule has 0 fully saturated rings. The van der Waals surface area contributed by atoms with Crippen molar-refractivity contribution in [3.8, 4) is 5.75 Å². The number of nitrogens with zero attached hydrogens (tertiary/aromatic N) is 3. The molecule has 0 saturated carbocycles. The highest BCUT2D eigenvalue weighted by Gasteiger charge is 2.38. The lowest BCUT2D eigenvalue weighted by Crippen LogP contribution is -2.48. The Morgan fingerprint density at radius 3 is 2.84 bits per heavy atom. The minimum absolute atomic E-state index is 0.140. The molecule has 0 radical (unpaired) electrons. The second-order valence-corrected chi connectivity index (χ2v) is 11.0. The van der Waals surface area contributed by atoms with Crippen LogP contribution in [0.3, 0.4) is 0 Å². The number of hydrogen-bond donors (Lipinski definition) is 1. The Bertz CT molecular complexity index is 1240. The lowest BCUT2D eigenvalue weighted by atomic mass is 10.1. The summed E-state index contributed by atoms with van der Waals surface area (Å²) in [6.07, 6.45) is 0.693. The van der Waals surface area contributed by atoms with E-state index < -0.39 is 22.0 Å². The van der Waals surface area contributed by atoms with Crippen LogP contribution in [0, 0.1) is 6.92 Å². The van der Waals surface area contributed by atoms with Gasteiger partial charge in [-0.1, -0.05) is 53.4 Å². The van der Waals surface area contributed by atoms with Crippen LogP contribution < -0.4 is 14.4 Å². The molecular formula is C21H20N4O4S3. The minimum atomic E-state index is -3.90. The van der Waals surface area contributed by atoms with Gasteiger partial charge < -0.3 is 4.74 Å². The number of benzene rings is 2. The number of rotatable bonds is 7. The lowest BCUT2D eigenvalue weighted by molar-refractivity contribution is -0.122. The van der Waals surface area contributed by atoms with Crippen molar-refractivity contribution in [2.75, 3.05) is 21.9 Å². The van der Waals surface area contributed by atoms with Crippen LogP contribution in [0.4, 0.5) is 10.8 Å². The van der Waals surface area contributed by atoms with Gasteiger partial charge in [0.05, 0.1) is 17.1 Å². The summed E-state index contributed by atoms with van der Waals surface area (Å²) in [5.41, 5.74) is 1.28. The van der Waals surface area contributed by atoms with Crippen molar-refractivity contribution in [1.29, 1.82) is 0 Å². The number of hydrogen-bond acceptors (Lipinski definition) is 8. The summed E-state index contributed by atoms with van der Waals surface area (Å²) in [4.78, 5) is 13.1. The third-order valence-corrected chi connectivity index (χ3v) is 8.33. The molecule has 1 atom stereocenters. The maximum Gasteiger partial charge on any atom is 0.269 e. The van der Waals surface area contributed by atoms with Crippen molar-refractivity contribution in [3.63, 3.8) is 0 Å². The van der Waals surface area contributed by atoms with E-state index in [4.69, 9.17) is 4.74 Å². The molecule has 1 N–H and O–H groups in total. The van der Waals surface area contributed by atoms with Crippen molar-refractivity contribution in [2.24, 2.45) is 0 Å². The van der Waals surface area contributed by atoms with Crippen LogP contribution in [0.15, 0.2) is 70.4 Å². The number of ether oxygens (including phenoxy) is 1. The van der Waals surface area contributed by atoms with E-state index in [2.05, 4.69) is 22.1 Å². The number of fused-ring (bicyclic) bond motifs is 1. The normalized spacial score (nSPS) is 15.5. The fourth-order valence-corrected chi connectivity index (χ4v) is 6.08. The molecule has 2 heterocycles. The minimum Gasteiger partial charge on any atom is -0.476 e. The van der Waals surface area contributed by atoms with Crippen LogP contribution in [0.5, 0.6) is 5.75 Å². The van der Waals surface area contributed by atoms with Gasteiger partial charge in [0, 0.05) is 5.75 Å². The largest absolute Gasteiger partial charge is 0.476 e. The Morgan fingerprint density at radius 1 is 1.31 bits per heavy atom. The summed E-state index contributed by atoms with van der Waals surface area (Å²) in [7, 11) is -3.90. The molecule has 1 amide bonds. The van der Waals surface area contributed by atoms with E-state index in [9.17, 15) is 13.2 Å². The van der Waals surface area contributed by atoms with Crippen LogP contribution in [0.2, 0.25) is 0 Å². The molecule has 1 aliphatic rings. The number of sulfonamides is 1. The van der Waals surface area contributed by atoms with E-state index in [1.807, 2.05) is 6.92 Å². The fourth-order valence-electron chi connectivity index (χ4n) is 3.08. The highest BCUT2D eigenvalue weighted by Crippen LogP contribution is 2.38. The van der Waals surface area contributed by atoms with Gasteiger partial charge in [0.25, 0.3) is 15.9 Å². The molecule has 32 heavy (non-hydrogen) atoms. The lowest BCUT2D eigenvalue weighted by Gasteiger charge is -2.34. The Kier molecular flexibility index (Phi) is 6.49. The molecule has 166 valence electrons. The first-order chi connectivity index (χ1) is 15.4. The molecule has 3 aromatic rings. The van der Waals surface area contributed by atoms with Gasteiger partial charge in [-0.25, -0.2) is 8.42 Å². The summed E-state index contributed by atoms with van der Waals surface area (Å²) in [6, 6.07) is 13.3. The van der Waals surface area contributed by atoms with E-state index in [1.54, 1.807) is 42.5 Å². The zero-order chi connectivity index (χ0) is 22.7. The number of anilines is 2.